The van der Waals surface area contributed by atoms with Gasteiger partial charge in [0.15, 0.2) is 0 Å². The number of hydrogen-bond donors (Lipinski definition) is 0. The van der Waals surface area contributed by atoms with E-state index in [0.29, 0.717) is 20.7 Å². The summed E-state index contributed by atoms with van der Waals surface area (Å²) in [4.78, 5) is 12.2. The van der Waals surface area contributed by atoms with Crippen LogP contribution in [0.5, 0.6) is 5.75 Å². The number of hydrogen-bond acceptors (Lipinski definition) is 3. The minimum atomic E-state index is -0.406. The van der Waals surface area contributed by atoms with Gasteiger partial charge < -0.3 is 4.74 Å². The van der Waals surface area contributed by atoms with Gasteiger partial charge in [0, 0.05) is 10.0 Å². The lowest BCUT2D eigenvalue weighted by Crippen LogP contribution is -2.06. The second-order valence-electron chi connectivity index (χ2n) is 3.38. The van der Waals surface area contributed by atoms with Crippen molar-refractivity contribution in [1.29, 1.82) is 0 Å². The fourth-order valence-corrected chi connectivity index (χ4v) is 2.30. The summed E-state index contributed by atoms with van der Waals surface area (Å²) in [6.45, 7) is 1.80. The van der Waals surface area contributed by atoms with Crippen LogP contribution in [0.2, 0.25) is 10.0 Å². The van der Waals surface area contributed by atoms with E-state index in [1.54, 1.807) is 31.2 Å². The van der Waals surface area contributed by atoms with Gasteiger partial charge in [0.25, 0.3) is 0 Å². The first-order valence-electron chi connectivity index (χ1n) is 4.79. The van der Waals surface area contributed by atoms with Crippen molar-refractivity contribution in [3.8, 4) is 5.75 Å². The highest BCUT2D eigenvalue weighted by Gasteiger charge is 2.11. The van der Waals surface area contributed by atoms with Gasteiger partial charge in [-0.2, -0.15) is 0 Å². The summed E-state index contributed by atoms with van der Waals surface area (Å²) in [6.07, 6.45) is 0. The zero-order valence-electron chi connectivity index (χ0n) is 8.87. The highest BCUT2D eigenvalue weighted by Crippen LogP contribution is 2.30. The van der Waals surface area contributed by atoms with E-state index in [1.165, 1.54) is 11.3 Å². The Balaban J connectivity index is 2.22. The highest BCUT2D eigenvalue weighted by atomic mass is 35.5. The molecule has 0 atom stereocenters. The Kier molecular flexibility index (Phi) is 3.72. The molecule has 2 aromatic rings. The Morgan fingerprint density at radius 2 is 1.94 bits per heavy atom. The predicted octanol–water partition coefficient (Wildman–Crippen LogP) is 4.58. The summed E-state index contributed by atoms with van der Waals surface area (Å²) in [5, 5.41) is 2.77. The van der Waals surface area contributed by atoms with Crippen LogP contribution in [-0.4, -0.2) is 5.97 Å². The minimum absolute atomic E-state index is 0.351. The molecule has 0 aliphatic rings. The first-order valence-corrected chi connectivity index (χ1v) is 6.43. The summed E-state index contributed by atoms with van der Waals surface area (Å²) < 4.78 is 5.18. The maximum absolute atomic E-state index is 11.7. The third-order valence-corrected chi connectivity index (χ3v) is 3.82. The Bertz CT molecular complexity index is 527. The van der Waals surface area contributed by atoms with Gasteiger partial charge >= 0.3 is 5.97 Å². The van der Waals surface area contributed by atoms with Crippen LogP contribution in [0.1, 0.15) is 15.2 Å². The molecule has 17 heavy (non-hydrogen) atoms. The molecule has 0 bridgehead atoms. The summed E-state index contributed by atoms with van der Waals surface area (Å²) >= 11 is 13.2. The molecule has 2 rings (SSSR count). The second kappa shape index (κ2) is 5.08. The van der Waals surface area contributed by atoms with Crippen molar-refractivity contribution < 1.29 is 9.53 Å². The number of carbonyl (C=O) groups excluding carboxylic acids is 1. The molecule has 0 unspecified atom stereocenters. The molecule has 2 nitrogen and oxygen atoms in total. The molecule has 0 amide bonds. The third-order valence-electron chi connectivity index (χ3n) is 2.19. The van der Waals surface area contributed by atoms with Gasteiger partial charge in [-0.3, -0.25) is 0 Å². The molecule has 1 aromatic heterocycles. The monoisotopic (exact) mass is 286 g/mol. The summed E-state index contributed by atoms with van der Waals surface area (Å²) in [7, 11) is 0. The van der Waals surface area contributed by atoms with Gasteiger partial charge in [-0.25, -0.2) is 4.79 Å². The van der Waals surface area contributed by atoms with Crippen molar-refractivity contribution in [2.45, 2.75) is 6.92 Å². The molecule has 1 heterocycles. The van der Waals surface area contributed by atoms with Gasteiger partial charge in [-0.15, -0.1) is 11.3 Å². The van der Waals surface area contributed by atoms with Gasteiger partial charge in [0.05, 0.1) is 0 Å². The average molecular weight is 287 g/mol. The van der Waals surface area contributed by atoms with Gasteiger partial charge in [-0.1, -0.05) is 29.3 Å². The van der Waals surface area contributed by atoms with E-state index >= 15 is 0 Å². The van der Waals surface area contributed by atoms with E-state index < -0.39 is 5.97 Å². The smallest absolute Gasteiger partial charge is 0.353 e. The van der Waals surface area contributed by atoms with E-state index in [2.05, 4.69) is 0 Å². The lowest BCUT2D eigenvalue weighted by Gasteiger charge is -2.06. The molecule has 1 aromatic carbocycles. The number of carbonyl (C=O) groups is 1. The van der Waals surface area contributed by atoms with Crippen molar-refractivity contribution in [2.75, 3.05) is 0 Å². The normalized spacial score (nSPS) is 10.3. The van der Waals surface area contributed by atoms with Crippen LogP contribution in [0.4, 0.5) is 0 Å². The molecule has 0 spiro atoms. The van der Waals surface area contributed by atoms with E-state index in [1.807, 2.05) is 5.38 Å². The predicted molar refractivity (Wildman–Crippen MR) is 70.5 cm³/mol. The first-order chi connectivity index (χ1) is 8.08. The molecule has 0 aliphatic carbocycles. The van der Waals surface area contributed by atoms with Crippen molar-refractivity contribution in [3.05, 3.63) is 50.1 Å². The van der Waals surface area contributed by atoms with Crippen molar-refractivity contribution in [1.82, 2.24) is 0 Å². The van der Waals surface area contributed by atoms with Crippen LogP contribution in [0.25, 0.3) is 0 Å². The third kappa shape index (κ3) is 2.80. The second-order valence-corrected chi connectivity index (χ2v) is 5.14. The van der Waals surface area contributed by atoms with Gasteiger partial charge in [0.1, 0.15) is 10.6 Å². The highest BCUT2D eigenvalue weighted by molar-refractivity contribution is 7.12. The zero-order chi connectivity index (χ0) is 12.4. The summed E-state index contributed by atoms with van der Waals surface area (Å²) in [6, 6.07) is 6.64. The molecule has 88 valence electrons. The van der Waals surface area contributed by atoms with Crippen LogP contribution in [0.3, 0.4) is 0 Å². The Morgan fingerprint density at radius 1 is 1.29 bits per heavy atom. The number of rotatable bonds is 2. The van der Waals surface area contributed by atoms with Crippen molar-refractivity contribution in [2.24, 2.45) is 0 Å². The molecule has 0 radical (unpaired) electrons. The number of halogens is 2. The van der Waals surface area contributed by atoms with E-state index in [9.17, 15) is 4.79 Å². The number of thiophene rings is 1. The number of esters is 1. The molecule has 0 saturated heterocycles. The fourth-order valence-electron chi connectivity index (χ4n) is 1.23. The quantitative estimate of drug-likeness (QED) is 0.597. The van der Waals surface area contributed by atoms with Crippen LogP contribution >= 0.6 is 34.5 Å². The number of benzene rings is 1. The maximum atomic E-state index is 11.7. The SMILES string of the molecule is Cc1c(Cl)cc(OC(=O)c2cccs2)cc1Cl. The molecule has 0 N–H and O–H groups in total. The Labute approximate surface area is 113 Å². The lowest BCUT2D eigenvalue weighted by atomic mass is 10.2. The summed E-state index contributed by atoms with van der Waals surface area (Å²) in [5.74, 6) is -0.0556. The lowest BCUT2D eigenvalue weighted by molar-refractivity contribution is 0.0740. The Morgan fingerprint density at radius 3 is 2.47 bits per heavy atom. The van der Waals surface area contributed by atoms with E-state index in [4.69, 9.17) is 27.9 Å². The van der Waals surface area contributed by atoms with Crippen LogP contribution < -0.4 is 4.74 Å². The zero-order valence-corrected chi connectivity index (χ0v) is 11.2. The van der Waals surface area contributed by atoms with E-state index in [0.717, 1.165) is 5.56 Å². The molecule has 0 saturated carbocycles. The van der Waals surface area contributed by atoms with Crippen LogP contribution in [0, 0.1) is 6.92 Å². The molecule has 0 fully saturated rings. The molecule has 0 aliphatic heterocycles. The molecular weight excluding hydrogens is 279 g/mol. The molecule has 5 heteroatoms. The topological polar surface area (TPSA) is 26.3 Å². The Hall–Kier alpha value is -1.03. The maximum Gasteiger partial charge on any atom is 0.353 e. The molecular formula is C12H8Cl2O2S. The average Bonchev–Trinajstić information content (AvgIpc) is 2.79. The largest absolute Gasteiger partial charge is 0.422 e. The van der Waals surface area contributed by atoms with Crippen molar-refractivity contribution >= 4 is 40.5 Å². The summed E-state index contributed by atoms with van der Waals surface area (Å²) in [5.41, 5.74) is 0.768. The van der Waals surface area contributed by atoms with Gasteiger partial charge in [-0.05, 0) is 36.1 Å². The van der Waals surface area contributed by atoms with Crippen LogP contribution in [-0.2, 0) is 0 Å². The van der Waals surface area contributed by atoms with Crippen LogP contribution in [0.15, 0.2) is 29.6 Å². The minimum Gasteiger partial charge on any atom is -0.422 e. The van der Waals surface area contributed by atoms with Gasteiger partial charge in [0.2, 0.25) is 0 Å². The van der Waals surface area contributed by atoms with E-state index in [-0.39, 0.29) is 0 Å². The standard InChI is InChI=1S/C12H8Cl2O2S/c1-7-9(13)5-8(6-10(7)14)16-12(15)11-3-2-4-17-11/h2-6H,1H3. The van der Waals surface area contributed by atoms with Crippen molar-refractivity contribution in [3.63, 3.8) is 0 Å². The number of ether oxygens (including phenoxy) is 1. The fraction of sp³-hybridized carbons (Fsp3) is 0.0833. The first kappa shape index (κ1) is 12.4.